The van der Waals surface area contributed by atoms with E-state index in [9.17, 15) is 4.39 Å². The maximum atomic E-state index is 12.9. The number of halogens is 1. The van der Waals surface area contributed by atoms with Gasteiger partial charge >= 0.3 is 0 Å². The molecule has 0 aromatic heterocycles. The van der Waals surface area contributed by atoms with E-state index in [1.165, 1.54) is 28.8 Å². The Bertz CT molecular complexity index is 560. The first-order valence-corrected chi connectivity index (χ1v) is 7.28. The van der Waals surface area contributed by atoms with E-state index >= 15 is 0 Å². The zero-order chi connectivity index (χ0) is 15.2. The van der Waals surface area contributed by atoms with Crippen LogP contribution in [0.4, 0.5) is 4.39 Å². The normalized spacial score (nSPS) is 12.2. The lowest BCUT2D eigenvalue weighted by Crippen LogP contribution is -2.26. The van der Waals surface area contributed by atoms with Crippen LogP contribution in [-0.2, 0) is 0 Å². The summed E-state index contributed by atoms with van der Waals surface area (Å²) >= 11 is 0. The number of rotatable bonds is 6. The van der Waals surface area contributed by atoms with Crippen LogP contribution in [0.5, 0.6) is 5.75 Å². The van der Waals surface area contributed by atoms with Crippen molar-refractivity contribution in [1.82, 2.24) is 5.32 Å². The van der Waals surface area contributed by atoms with E-state index in [0.717, 1.165) is 6.54 Å². The molecule has 1 N–H and O–H groups in total. The molecule has 0 aliphatic heterocycles. The minimum atomic E-state index is -0.250. The van der Waals surface area contributed by atoms with Crippen LogP contribution >= 0.6 is 0 Å². The summed E-state index contributed by atoms with van der Waals surface area (Å²) in [6.45, 7) is 7.65. The first-order valence-electron chi connectivity index (χ1n) is 7.28. The molecule has 0 saturated heterocycles. The molecule has 0 amide bonds. The molecule has 0 spiro atoms. The van der Waals surface area contributed by atoms with Crippen LogP contribution in [0.1, 0.15) is 29.7 Å². The highest BCUT2D eigenvalue weighted by Crippen LogP contribution is 2.19. The van der Waals surface area contributed by atoms with Crippen molar-refractivity contribution >= 4 is 0 Å². The number of aryl methyl sites for hydroxylation is 2. The van der Waals surface area contributed by atoms with Crippen LogP contribution < -0.4 is 10.1 Å². The third-order valence-corrected chi connectivity index (χ3v) is 3.33. The van der Waals surface area contributed by atoms with Gasteiger partial charge in [0, 0.05) is 0 Å². The lowest BCUT2D eigenvalue weighted by atomic mass is 10.0. The van der Waals surface area contributed by atoms with Gasteiger partial charge in [0.25, 0.3) is 0 Å². The quantitative estimate of drug-likeness (QED) is 0.861. The molecule has 2 nitrogen and oxygen atoms in total. The molecule has 2 aromatic rings. The predicted octanol–water partition coefficient (Wildman–Crippen LogP) is 4.17. The van der Waals surface area contributed by atoms with Crippen LogP contribution in [0.15, 0.2) is 42.5 Å². The average Bonchev–Trinajstić information content (AvgIpc) is 2.44. The van der Waals surface area contributed by atoms with Crippen molar-refractivity contribution in [3.8, 4) is 5.75 Å². The van der Waals surface area contributed by atoms with Crippen molar-refractivity contribution in [3.63, 3.8) is 0 Å². The molecule has 0 heterocycles. The summed E-state index contributed by atoms with van der Waals surface area (Å²) in [6.07, 6.45) is 0. The van der Waals surface area contributed by atoms with Gasteiger partial charge in [-0.25, -0.2) is 4.39 Å². The Morgan fingerprint density at radius 1 is 1.05 bits per heavy atom. The number of nitrogens with one attached hydrogen (secondary N) is 1. The number of likely N-dealkylation sites (N-methyl/N-ethyl adjacent to an activating group) is 1. The van der Waals surface area contributed by atoms with Gasteiger partial charge in [-0.3, -0.25) is 0 Å². The summed E-state index contributed by atoms with van der Waals surface area (Å²) < 4.78 is 18.7. The Labute approximate surface area is 126 Å². The SMILES string of the molecule is CCNC(COc1ccc(F)cc1)c1cc(C)cc(C)c1. The van der Waals surface area contributed by atoms with E-state index in [-0.39, 0.29) is 11.9 Å². The van der Waals surface area contributed by atoms with E-state index in [0.29, 0.717) is 12.4 Å². The molecule has 0 aliphatic carbocycles. The van der Waals surface area contributed by atoms with E-state index < -0.39 is 0 Å². The molecule has 0 aliphatic rings. The Morgan fingerprint density at radius 3 is 2.24 bits per heavy atom. The van der Waals surface area contributed by atoms with Crippen molar-refractivity contribution < 1.29 is 9.13 Å². The van der Waals surface area contributed by atoms with E-state index in [1.54, 1.807) is 12.1 Å². The first-order chi connectivity index (χ1) is 10.1. The fourth-order valence-corrected chi connectivity index (χ4v) is 2.44. The molecular formula is C18H22FNO. The molecule has 1 unspecified atom stereocenters. The monoisotopic (exact) mass is 287 g/mol. The molecule has 2 rings (SSSR count). The molecule has 0 fully saturated rings. The second-order valence-corrected chi connectivity index (χ2v) is 5.30. The third-order valence-electron chi connectivity index (χ3n) is 3.33. The summed E-state index contributed by atoms with van der Waals surface area (Å²) in [5, 5.41) is 3.44. The van der Waals surface area contributed by atoms with E-state index in [2.05, 4.69) is 44.3 Å². The molecule has 3 heteroatoms. The standard InChI is InChI=1S/C18H22FNO/c1-4-20-18(15-10-13(2)9-14(3)11-15)12-21-17-7-5-16(19)6-8-17/h5-11,18,20H,4,12H2,1-3H3. The fourth-order valence-electron chi connectivity index (χ4n) is 2.44. The third kappa shape index (κ3) is 4.57. The summed E-state index contributed by atoms with van der Waals surface area (Å²) in [5.41, 5.74) is 3.71. The largest absolute Gasteiger partial charge is 0.492 e. The molecule has 1 atom stereocenters. The Morgan fingerprint density at radius 2 is 1.67 bits per heavy atom. The minimum Gasteiger partial charge on any atom is -0.492 e. The van der Waals surface area contributed by atoms with Gasteiger partial charge in [0.1, 0.15) is 18.2 Å². The van der Waals surface area contributed by atoms with Gasteiger partial charge in [-0.15, -0.1) is 0 Å². The highest BCUT2D eigenvalue weighted by atomic mass is 19.1. The smallest absolute Gasteiger partial charge is 0.123 e. The maximum absolute atomic E-state index is 12.9. The van der Waals surface area contributed by atoms with Crippen LogP contribution in [0.2, 0.25) is 0 Å². The Hall–Kier alpha value is -1.87. The van der Waals surface area contributed by atoms with Crippen LogP contribution in [0, 0.1) is 19.7 Å². The van der Waals surface area contributed by atoms with Crippen molar-refractivity contribution in [3.05, 3.63) is 65.0 Å². The molecule has 0 saturated carbocycles. The van der Waals surface area contributed by atoms with Crippen molar-refractivity contribution in [2.75, 3.05) is 13.2 Å². The van der Waals surface area contributed by atoms with Gasteiger partial charge in [-0.1, -0.05) is 36.2 Å². The Kier molecular flexibility index (Phi) is 5.34. The first kappa shape index (κ1) is 15.5. The number of benzene rings is 2. The van der Waals surface area contributed by atoms with E-state index in [4.69, 9.17) is 4.74 Å². The van der Waals surface area contributed by atoms with Crippen molar-refractivity contribution in [1.29, 1.82) is 0 Å². The topological polar surface area (TPSA) is 21.3 Å². The molecule has 21 heavy (non-hydrogen) atoms. The van der Waals surface area contributed by atoms with Gasteiger partial charge in [0.05, 0.1) is 6.04 Å². The number of hydrogen-bond acceptors (Lipinski definition) is 2. The van der Waals surface area contributed by atoms with Gasteiger partial charge in [-0.05, 0) is 50.2 Å². The molecular weight excluding hydrogens is 265 g/mol. The zero-order valence-electron chi connectivity index (χ0n) is 12.8. The number of ether oxygens (including phenoxy) is 1. The second-order valence-electron chi connectivity index (χ2n) is 5.30. The maximum Gasteiger partial charge on any atom is 0.123 e. The lowest BCUT2D eigenvalue weighted by Gasteiger charge is -2.20. The Balaban J connectivity index is 2.09. The average molecular weight is 287 g/mol. The number of hydrogen-bond donors (Lipinski definition) is 1. The molecule has 0 bridgehead atoms. The highest BCUT2D eigenvalue weighted by molar-refractivity contribution is 5.31. The van der Waals surface area contributed by atoms with Crippen molar-refractivity contribution in [2.45, 2.75) is 26.8 Å². The van der Waals surface area contributed by atoms with Gasteiger partial charge < -0.3 is 10.1 Å². The lowest BCUT2D eigenvalue weighted by molar-refractivity contribution is 0.268. The molecule has 2 aromatic carbocycles. The summed E-state index contributed by atoms with van der Waals surface area (Å²) in [4.78, 5) is 0. The van der Waals surface area contributed by atoms with Gasteiger partial charge in [-0.2, -0.15) is 0 Å². The van der Waals surface area contributed by atoms with Crippen LogP contribution in [-0.4, -0.2) is 13.2 Å². The molecule has 112 valence electrons. The minimum absolute atomic E-state index is 0.124. The van der Waals surface area contributed by atoms with Crippen molar-refractivity contribution in [2.24, 2.45) is 0 Å². The molecule has 0 radical (unpaired) electrons. The van der Waals surface area contributed by atoms with Gasteiger partial charge in [0.2, 0.25) is 0 Å². The van der Waals surface area contributed by atoms with E-state index in [1.807, 2.05) is 0 Å². The van der Waals surface area contributed by atoms with Crippen LogP contribution in [0.3, 0.4) is 0 Å². The summed E-state index contributed by atoms with van der Waals surface area (Å²) in [6, 6.07) is 12.8. The van der Waals surface area contributed by atoms with Crippen LogP contribution in [0.25, 0.3) is 0 Å². The second kappa shape index (κ2) is 7.23. The fraction of sp³-hybridized carbons (Fsp3) is 0.333. The summed E-state index contributed by atoms with van der Waals surface area (Å²) in [7, 11) is 0. The highest BCUT2D eigenvalue weighted by Gasteiger charge is 2.12. The van der Waals surface area contributed by atoms with Gasteiger partial charge in [0.15, 0.2) is 0 Å². The predicted molar refractivity (Wildman–Crippen MR) is 84.2 cm³/mol. The summed E-state index contributed by atoms with van der Waals surface area (Å²) in [5.74, 6) is 0.434. The zero-order valence-corrected chi connectivity index (χ0v) is 12.8.